The zero-order chi connectivity index (χ0) is 14.8. The molecule has 1 atom stereocenters. The van der Waals surface area contributed by atoms with E-state index in [9.17, 15) is 5.11 Å². The van der Waals surface area contributed by atoms with Crippen molar-refractivity contribution in [1.29, 1.82) is 0 Å². The van der Waals surface area contributed by atoms with Gasteiger partial charge in [0.25, 0.3) is 0 Å². The molecule has 0 spiro atoms. The molecule has 1 unspecified atom stereocenters. The van der Waals surface area contributed by atoms with Gasteiger partial charge in [-0.3, -0.25) is 0 Å². The van der Waals surface area contributed by atoms with Gasteiger partial charge in [0, 0.05) is 18.7 Å². The van der Waals surface area contributed by atoms with Crippen LogP contribution in [0.4, 0.5) is 0 Å². The summed E-state index contributed by atoms with van der Waals surface area (Å²) in [6.07, 6.45) is 4.84. The number of hydrogen-bond acceptors (Lipinski definition) is 4. The average molecular weight is 291 g/mol. The van der Waals surface area contributed by atoms with Crippen molar-refractivity contribution in [3.05, 3.63) is 23.8 Å². The van der Waals surface area contributed by atoms with Gasteiger partial charge in [-0.1, -0.05) is 0 Å². The van der Waals surface area contributed by atoms with Crippen molar-refractivity contribution >= 4 is 0 Å². The first-order valence-corrected chi connectivity index (χ1v) is 7.85. The summed E-state index contributed by atoms with van der Waals surface area (Å²) in [7, 11) is 3.25. The third-order valence-corrected chi connectivity index (χ3v) is 4.57. The molecule has 116 valence electrons. The second kappa shape index (κ2) is 6.24. The van der Waals surface area contributed by atoms with Crippen LogP contribution in [0.2, 0.25) is 0 Å². The number of benzene rings is 1. The number of ether oxygens (including phenoxy) is 2. The predicted octanol–water partition coefficient (Wildman–Crippen LogP) is 2.52. The standard InChI is InChI=1S/C17H25NO3/c1-20-14-7-13(8-15(9-14)21-2)16(19)10-18-17(11-3-4-11)12-5-6-12/h7-9,11-12,16-19H,3-6,10H2,1-2H3. The Balaban J connectivity index is 1.62. The third kappa shape index (κ3) is 3.69. The number of methoxy groups -OCH3 is 2. The fourth-order valence-electron chi connectivity index (χ4n) is 3.02. The first-order valence-electron chi connectivity index (χ1n) is 7.85. The molecule has 4 heteroatoms. The smallest absolute Gasteiger partial charge is 0.122 e. The van der Waals surface area contributed by atoms with E-state index in [2.05, 4.69) is 5.32 Å². The van der Waals surface area contributed by atoms with Gasteiger partial charge < -0.3 is 19.9 Å². The van der Waals surface area contributed by atoms with Crippen LogP contribution in [0.5, 0.6) is 11.5 Å². The molecule has 0 aromatic heterocycles. The van der Waals surface area contributed by atoms with E-state index >= 15 is 0 Å². The molecule has 0 heterocycles. The molecule has 4 nitrogen and oxygen atoms in total. The van der Waals surface area contributed by atoms with E-state index in [1.807, 2.05) is 18.2 Å². The van der Waals surface area contributed by atoms with Gasteiger partial charge in [-0.2, -0.15) is 0 Å². The SMILES string of the molecule is COc1cc(OC)cc(C(O)CNC(C2CC2)C2CC2)c1. The van der Waals surface area contributed by atoms with E-state index in [0.717, 1.165) is 17.4 Å². The highest BCUT2D eigenvalue weighted by atomic mass is 16.5. The number of aliphatic hydroxyl groups excluding tert-OH is 1. The topological polar surface area (TPSA) is 50.7 Å². The molecule has 2 aliphatic rings. The molecule has 0 saturated heterocycles. The molecule has 3 rings (SSSR count). The lowest BCUT2D eigenvalue weighted by Crippen LogP contribution is -2.36. The Kier molecular flexibility index (Phi) is 4.36. The maximum absolute atomic E-state index is 10.4. The molecule has 0 bridgehead atoms. The average Bonchev–Trinajstić information content (AvgIpc) is 3.38. The summed E-state index contributed by atoms with van der Waals surface area (Å²) in [6.45, 7) is 0.591. The van der Waals surface area contributed by atoms with Gasteiger partial charge in [0.15, 0.2) is 0 Å². The lowest BCUT2D eigenvalue weighted by molar-refractivity contribution is 0.165. The van der Waals surface area contributed by atoms with E-state index in [1.54, 1.807) is 14.2 Å². The Morgan fingerprint density at radius 1 is 1.05 bits per heavy atom. The van der Waals surface area contributed by atoms with Gasteiger partial charge in [0.05, 0.1) is 20.3 Å². The number of nitrogens with one attached hydrogen (secondary N) is 1. The van der Waals surface area contributed by atoms with Crippen LogP contribution in [0.3, 0.4) is 0 Å². The monoisotopic (exact) mass is 291 g/mol. The van der Waals surface area contributed by atoms with Crippen LogP contribution in [0.25, 0.3) is 0 Å². The molecule has 0 aliphatic heterocycles. The number of rotatable bonds is 8. The molecule has 2 fully saturated rings. The zero-order valence-corrected chi connectivity index (χ0v) is 12.8. The number of aliphatic hydroxyl groups is 1. The van der Waals surface area contributed by atoms with Crippen molar-refractivity contribution in [2.24, 2.45) is 11.8 Å². The van der Waals surface area contributed by atoms with Gasteiger partial charge in [-0.25, -0.2) is 0 Å². The van der Waals surface area contributed by atoms with Crippen LogP contribution in [-0.2, 0) is 0 Å². The van der Waals surface area contributed by atoms with Crippen LogP contribution in [0.15, 0.2) is 18.2 Å². The van der Waals surface area contributed by atoms with Crippen molar-refractivity contribution in [1.82, 2.24) is 5.32 Å². The van der Waals surface area contributed by atoms with E-state index in [1.165, 1.54) is 25.7 Å². The molecule has 2 N–H and O–H groups in total. The molecule has 2 aliphatic carbocycles. The first kappa shape index (κ1) is 14.7. The Labute approximate surface area is 126 Å². The minimum atomic E-state index is -0.533. The summed E-state index contributed by atoms with van der Waals surface area (Å²) in [4.78, 5) is 0. The van der Waals surface area contributed by atoms with Crippen LogP contribution in [0.1, 0.15) is 37.4 Å². The van der Waals surface area contributed by atoms with Crippen molar-refractivity contribution in [2.45, 2.75) is 37.8 Å². The lowest BCUT2D eigenvalue weighted by Gasteiger charge is -2.21. The molecule has 2 saturated carbocycles. The molecule has 1 aromatic carbocycles. The minimum Gasteiger partial charge on any atom is -0.497 e. The third-order valence-electron chi connectivity index (χ3n) is 4.57. The van der Waals surface area contributed by atoms with Crippen molar-refractivity contribution in [2.75, 3.05) is 20.8 Å². The van der Waals surface area contributed by atoms with Crippen LogP contribution >= 0.6 is 0 Å². The Bertz CT molecular complexity index is 449. The second-order valence-corrected chi connectivity index (χ2v) is 6.27. The van der Waals surface area contributed by atoms with Gasteiger partial charge in [0.1, 0.15) is 11.5 Å². The highest BCUT2D eigenvalue weighted by Crippen LogP contribution is 2.44. The molecule has 0 radical (unpaired) electrons. The fraction of sp³-hybridized carbons (Fsp3) is 0.647. The van der Waals surface area contributed by atoms with E-state index in [4.69, 9.17) is 9.47 Å². The highest BCUT2D eigenvalue weighted by Gasteiger charge is 2.41. The van der Waals surface area contributed by atoms with Crippen LogP contribution in [-0.4, -0.2) is 31.9 Å². The number of hydrogen-bond donors (Lipinski definition) is 2. The summed E-state index contributed by atoms with van der Waals surface area (Å²) < 4.78 is 10.5. The summed E-state index contributed by atoms with van der Waals surface area (Å²) in [5.41, 5.74) is 0.837. The van der Waals surface area contributed by atoms with Crippen molar-refractivity contribution < 1.29 is 14.6 Å². The normalized spacial score (nSPS) is 19.6. The summed E-state index contributed by atoms with van der Waals surface area (Å²) in [5.74, 6) is 3.10. The molecular weight excluding hydrogens is 266 g/mol. The molecule has 1 aromatic rings. The maximum Gasteiger partial charge on any atom is 0.122 e. The Hall–Kier alpha value is -1.26. The summed E-state index contributed by atoms with van der Waals surface area (Å²) in [5, 5.41) is 14.0. The van der Waals surface area contributed by atoms with Crippen LogP contribution in [0, 0.1) is 11.8 Å². The van der Waals surface area contributed by atoms with Crippen molar-refractivity contribution in [3.8, 4) is 11.5 Å². The quantitative estimate of drug-likeness (QED) is 0.773. The molecular formula is C17H25NO3. The molecule has 21 heavy (non-hydrogen) atoms. The Morgan fingerprint density at radius 3 is 2.00 bits per heavy atom. The van der Waals surface area contributed by atoms with Gasteiger partial charge in [0.2, 0.25) is 0 Å². The summed E-state index contributed by atoms with van der Waals surface area (Å²) in [6, 6.07) is 6.17. The van der Waals surface area contributed by atoms with Gasteiger partial charge in [-0.05, 0) is 55.2 Å². The predicted molar refractivity (Wildman–Crippen MR) is 81.7 cm³/mol. The van der Waals surface area contributed by atoms with E-state index < -0.39 is 6.10 Å². The summed E-state index contributed by atoms with van der Waals surface area (Å²) >= 11 is 0. The second-order valence-electron chi connectivity index (χ2n) is 6.27. The van der Waals surface area contributed by atoms with E-state index in [-0.39, 0.29) is 0 Å². The Morgan fingerprint density at radius 2 is 1.57 bits per heavy atom. The van der Waals surface area contributed by atoms with Gasteiger partial charge in [-0.15, -0.1) is 0 Å². The molecule has 0 amide bonds. The fourth-order valence-corrected chi connectivity index (χ4v) is 3.02. The highest BCUT2D eigenvalue weighted by molar-refractivity contribution is 5.39. The zero-order valence-electron chi connectivity index (χ0n) is 12.8. The van der Waals surface area contributed by atoms with Crippen LogP contribution < -0.4 is 14.8 Å². The first-order chi connectivity index (χ1) is 10.2. The minimum absolute atomic E-state index is 0.533. The van der Waals surface area contributed by atoms with E-state index in [0.29, 0.717) is 24.1 Å². The largest absolute Gasteiger partial charge is 0.497 e. The lowest BCUT2D eigenvalue weighted by atomic mass is 10.1. The maximum atomic E-state index is 10.4. The van der Waals surface area contributed by atoms with Gasteiger partial charge >= 0.3 is 0 Å². The van der Waals surface area contributed by atoms with Crippen molar-refractivity contribution in [3.63, 3.8) is 0 Å².